The van der Waals surface area contributed by atoms with E-state index in [0.717, 1.165) is 41.7 Å². The predicted molar refractivity (Wildman–Crippen MR) is 99.7 cm³/mol. The van der Waals surface area contributed by atoms with E-state index in [1.807, 2.05) is 28.0 Å². The summed E-state index contributed by atoms with van der Waals surface area (Å²) >= 11 is 0. The number of imidazole rings is 1. The van der Waals surface area contributed by atoms with Crippen molar-refractivity contribution in [2.75, 3.05) is 26.2 Å². The number of aromatic nitrogens is 2. The third-order valence-electron chi connectivity index (χ3n) is 5.68. The normalized spacial score (nSPS) is 18.2. The number of aromatic amines is 1. The highest BCUT2D eigenvalue weighted by atomic mass is 16.2. The third kappa shape index (κ3) is 3.32. The number of rotatable bonds is 4. The number of hydrogen-bond donors (Lipinski definition) is 1. The third-order valence-corrected chi connectivity index (χ3v) is 5.68. The lowest BCUT2D eigenvalue weighted by molar-refractivity contribution is -0.143. The van der Waals surface area contributed by atoms with Gasteiger partial charge in [-0.05, 0) is 30.5 Å². The molecular weight excluding hydrogens is 328 g/mol. The molecule has 2 aromatic rings. The van der Waals surface area contributed by atoms with Crippen LogP contribution in [0.5, 0.6) is 0 Å². The zero-order chi connectivity index (χ0) is 18.1. The van der Waals surface area contributed by atoms with Crippen LogP contribution in [0.2, 0.25) is 0 Å². The molecule has 138 valence electrons. The molecule has 6 nitrogen and oxygen atoms in total. The number of piperazine rings is 1. The lowest BCUT2D eigenvalue weighted by Crippen LogP contribution is -2.52. The van der Waals surface area contributed by atoms with Gasteiger partial charge in [-0.2, -0.15) is 0 Å². The van der Waals surface area contributed by atoms with Crippen LogP contribution in [0.25, 0.3) is 11.0 Å². The first-order valence-electron chi connectivity index (χ1n) is 9.68. The number of carbonyl (C=O) groups is 2. The molecule has 2 fully saturated rings. The number of benzene rings is 1. The van der Waals surface area contributed by atoms with E-state index in [-0.39, 0.29) is 11.8 Å². The average molecular weight is 354 g/mol. The second-order valence-corrected chi connectivity index (χ2v) is 7.40. The molecule has 1 saturated heterocycles. The number of fused-ring (bicyclic) bond motifs is 1. The fourth-order valence-electron chi connectivity index (χ4n) is 3.76. The fraction of sp³-hybridized carbons (Fsp3) is 0.550. The van der Waals surface area contributed by atoms with Gasteiger partial charge in [-0.25, -0.2) is 4.98 Å². The number of carbonyl (C=O) groups excluding carboxylic acids is 2. The van der Waals surface area contributed by atoms with Crippen molar-refractivity contribution in [1.29, 1.82) is 0 Å². The molecular formula is C20H26N4O2. The molecule has 1 aliphatic carbocycles. The van der Waals surface area contributed by atoms with Crippen LogP contribution >= 0.6 is 0 Å². The van der Waals surface area contributed by atoms with Crippen LogP contribution in [0, 0.1) is 5.92 Å². The van der Waals surface area contributed by atoms with Crippen LogP contribution in [0.4, 0.5) is 0 Å². The quantitative estimate of drug-likeness (QED) is 0.914. The Bertz CT molecular complexity index is 816. The Hall–Kier alpha value is -2.37. The Labute approximate surface area is 153 Å². The van der Waals surface area contributed by atoms with Gasteiger partial charge in [0, 0.05) is 38.5 Å². The van der Waals surface area contributed by atoms with Gasteiger partial charge in [-0.1, -0.05) is 19.4 Å². The lowest BCUT2D eigenvalue weighted by atomic mass is 9.84. The van der Waals surface area contributed by atoms with Crippen molar-refractivity contribution < 1.29 is 9.59 Å². The zero-order valence-electron chi connectivity index (χ0n) is 15.3. The van der Waals surface area contributed by atoms with Gasteiger partial charge in [-0.3, -0.25) is 9.59 Å². The molecule has 6 heteroatoms. The topological polar surface area (TPSA) is 69.3 Å². The van der Waals surface area contributed by atoms with Crippen molar-refractivity contribution in [3.05, 3.63) is 29.6 Å². The van der Waals surface area contributed by atoms with Gasteiger partial charge in [0.2, 0.25) is 11.8 Å². The lowest BCUT2D eigenvalue weighted by Gasteiger charge is -2.38. The van der Waals surface area contributed by atoms with E-state index >= 15 is 0 Å². The molecule has 0 radical (unpaired) electrons. The number of H-pyrrole nitrogens is 1. The standard InChI is InChI=1S/C20H26N4O2/c1-2-18-21-16-7-6-14(12-17(16)22-18)13-19(25)23-8-10-24(11-9-23)20(26)15-4-3-5-15/h6-7,12,15H,2-5,8-11,13H2,1H3,(H,21,22). The Morgan fingerprint density at radius 3 is 2.54 bits per heavy atom. The first-order valence-corrected chi connectivity index (χ1v) is 9.68. The van der Waals surface area contributed by atoms with E-state index in [1.165, 1.54) is 6.42 Å². The summed E-state index contributed by atoms with van der Waals surface area (Å²) < 4.78 is 0. The van der Waals surface area contributed by atoms with Gasteiger partial charge in [-0.15, -0.1) is 0 Å². The number of nitrogens with one attached hydrogen (secondary N) is 1. The number of hydrogen-bond acceptors (Lipinski definition) is 3. The van der Waals surface area contributed by atoms with Gasteiger partial charge in [0.05, 0.1) is 17.5 Å². The second kappa shape index (κ2) is 7.09. The molecule has 26 heavy (non-hydrogen) atoms. The molecule has 1 saturated carbocycles. The average Bonchev–Trinajstić information content (AvgIpc) is 3.02. The zero-order valence-corrected chi connectivity index (χ0v) is 15.3. The van der Waals surface area contributed by atoms with Crippen molar-refractivity contribution in [2.45, 2.75) is 39.0 Å². The summed E-state index contributed by atoms with van der Waals surface area (Å²) in [5.74, 6) is 1.64. The van der Waals surface area contributed by atoms with Crippen molar-refractivity contribution in [1.82, 2.24) is 19.8 Å². The van der Waals surface area contributed by atoms with Crippen molar-refractivity contribution in [3.63, 3.8) is 0 Å². The predicted octanol–water partition coefficient (Wildman–Crippen LogP) is 2.14. The summed E-state index contributed by atoms with van der Waals surface area (Å²) in [6.07, 6.45) is 4.51. The molecule has 2 amide bonds. The van der Waals surface area contributed by atoms with Gasteiger partial charge in [0.1, 0.15) is 5.82 Å². The molecule has 0 bridgehead atoms. The Morgan fingerprint density at radius 1 is 1.15 bits per heavy atom. The van der Waals surface area contributed by atoms with Crippen LogP contribution < -0.4 is 0 Å². The molecule has 0 spiro atoms. The van der Waals surface area contributed by atoms with Crippen LogP contribution in [0.1, 0.15) is 37.6 Å². The van der Waals surface area contributed by atoms with Crippen LogP contribution in [-0.4, -0.2) is 57.8 Å². The molecule has 1 aromatic carbocycles. The van der Waals surface area contributed by atoms with Gasteiger partial charge >= 0.3 is 0 Å². The molecule has 1 aromatic heterocycles. The molecule has 4 rings (SSSR count). The maximum atomic E-state index is 12.6. The maximum Gasteiger partial charge on any atom is 0.227 e. The minimum atomic E-state index is 0.135. The molecule has 2 heterocycles. The molecule has 2 aliphatic rings. The summed E-state index contributed by atoms with van der Waals surface area (Å²) in [5, 5.41) is 0. The van der Waals surface area contributed by atoms with E-state index in [0.29, 0.717) is 38.5 Å². The first-order chi connectivity index (χ1) is 12.6. The number of amides is 2. The van der Waals surface area contributed by atoms with E-state index in [9.17, 15) is 9.59 Å². The highest BCUT2D eigenvalue weighted by Gasteiger charge is 2.31. The minimum Gasteiger partial charge on any atom is -0.342 e. The Balaban J connectivity index is 1.34. The summed E-state index contributed by atoms with van der Waals surface area (Å²) in [6, 6.07) is 5.98. The number of nitrogens with zero attached hydrogens (tertiary/aromatic N) is 3. The van der Waals surface area contributed by atoms with Crippen molar-refractivity contribution >= 4 is 22.8 Å². The first kappa shape index (κ1) is 17.1. The maximum absolute atomic E-state index is 12.6. The van der Waals surface area contributed by atoms with Crippen LogP contribution in [0.3, 0.4) is 0 Å². The molecule has 0 unspecified atom stereocenters. The highest BCUT2D eigenvalue weighted by molar-refractivity contribution is 5.83. The summed E-state index contributed by atoms with van der Waals surface area (Å²) in [7, 11) is 0. The SMILES string of the molecule is CCc1nc2ccc(CC(=O)N3CCN(C(=O)C4CCC4)CC3)cc2[nH]1. The van der Waals surface area contributed by atoms with Crippen molar-refractivity contribution in [3.8, 4) is 0 Å². The van der Waals surface area contributed by atoms with Crippen LogP contribution in [0.15, 0.2) is 18.2 Å². The fourth-order valence-corrected chi connectivity index (χ4v) is 3.76. The van der Waals surface area contributed by atoms with Crippen LogP contribution in [-0.2, 0) is 22.4 Å². The summed E-state index contributed by atoms with van der Waals surface area (Å²) in [4.78, 5) is 36.6. The smallest absolute Gasteiger partial charge is 0.227 e. The molecule has 0 atom stereocenters. The Morgan fingerprint density at radius 2 is 1.88 bits per heavy atom. The molecule has 1 N–H and O–H groups in total. The number of aryl methyl sites for hydroxylation is 1. The minimum absolute atomic E-state index is 0.135. The van der Waals surface area contributed by atoms with E-state index in [1.54, 1.807) is 0 Å². The Kier molecular flexibility index (Phi) is 4.66. The highest BCUT2D eigenvalue weighted by Crippen LogP contribution is 2.28. The summed E-state index contributed by atoms with van der Waals surface area (Å²) in [6.45, 7) is 4.69. The van der Waals surface area contributed by atoms with E-state index in [4.69, 9.17) is 0 Å². The van der Waals surface area contributed by atoms with Gasteiger partial charge < -0.3 is 14.8 Å². The van der Waals surface area contributed by atoms with Gasteiger partial charge in [0.15, 0.2) is 0 Å². The van der Waals surface area contributed by atoms with E-state index < -0.39 is 0 Å². The second-order valence-electron chi connectivity index (χ2n) is 7.40. The van der Waals surface area contributed by atoms with Crippen molar-refractivity contribution in [2.24, 2.45) is 5.92 Å². The summed E-state index contributed by atoms with van der Waals surface area (Å²) in [5.41, 5.74) is 2.94. The van der Waals surface area contributed by atoms with Gasteiger partial charge in [0.25, 0.3) is 0 Å². The van der Waals surface area contributed by atoms with E-state index in [2.05, 4.69) is 16.9 Å². The monoisotopic (exact) mass is 354 g/mol. The largest absolute Gasteiger partial charge is 0.342 e. The molecule has 1 aliphatic heterocycles.